The molecule has 1 amide bonds. The summed E-state index contributed by atoms with van der Waals surface area (Å²) < 4.78 is 27.1. The van der Waals surface area contributed by atoms with Gasteiger partial charge in [-0.25, -0.2) is 8.42 Å². The van der Waals surface area contributed by atoms with Crippen LogP contribution in [0, 0.1) is 0 Å². The van der Waals surface area contributed by atoms with Crippen molar-refractivity contribution in [1.29, 1.82) is 0 Å². The van der Waals surface area contributed by atoms with Crippen molar-refractivity contribution in [3.8, 4) is 0 Å². The molecule has 166 valence electrons. The van der Waals surface area contributed by atoms with Gasteiger partial charge in [-0.1, -0.05) is 66.7 Å². The summed E-state index contributed by atoms with van der Waals surface area (Å²) in [5, 5.41) is 2.97. The minimum Gasteiger partial charge on any atom is -0.352 e. The molecule has 0 unspecified atom stereocenters. The van der Waals surface area contributed by atoms with Crippen molar-refractivity contribution in [2.45, 2.75) is 30.1 Å². The maximum Gasteiger partial charge on any atom is 0.251 e. The molecule has 1 heterocycles. The number of sulfonamides is 1. The number of rotatable bonds is 8. The first-order chi connectivity index (χ1) is 15.6. The molecule has 32 heavy (non-hydrogen) atoms. The molecule has 4 rings (SSSR count). The van der Waals surface area contributed by atoms with Crippen LogP contribution in [-0.2, 0) is 10.0 Å². The summed E-state index contributed by atoms with van der Waals surface area (Å²) in [7, 11) is -3.55. The van der Waals surface area contributed by atoms with Crippen LogP contribution in [0.15, 0.2) is 89.8 Å². The molecule has 1 saturated heterocycles. The zero-order valence-electron chi connectivity index (χ0n) is 18.0. The molecule has 1 fully saturated rings. The first kappa shape index (κ1) is 22.2. The van der Waals surface area contributed by atoms with Gasteiger partial charge in [0.05, 0.1) is 4.90 Å². The molecule has 0 saturated carbocycles. The fourth-order valence-electron chi connectivity index (χ4n) is 4.20. The maximum absolute atomic E-state index is 12.8. The average molecular weight is 449 g/mol. The highest BCUT2D eigenvalue weighted by Crippen LogP contribution is 2.27. The fraction of sp³-hybridized carbons (Fsp3) is 0.269. The van der Waals surface area contributed by atoms with E-state index in [1.807, 2.05) is 36.4 Å². The van der Waals surface area contributed by atoms with E-state index in [9.17, 15) is 13.2 Å². The lowest BCUT2D eigenvalue weighted by Gasteiger charge is -2.19. The smallest absolute Gasteiger partial charge is 0.251 e. The zero-order valence-corrected chi connectivity index (χ0v) is 18.8. The average Bonchev–Trinajstić information content (AvgIpc) is 3.39. The first-order valence-corrected chi connectivity index (χ1v) is 12.5. The molecule has 1 N–H and O–H groups in total. The predicted octanol–water partition coefficient (Wildman–Crippen LogP) is 4.42. The van der Waals surface area contributed by atoms with Gasteiger partial charge in [-0.15, -0.1) is 0 Å². The van der Waals surface area contributed by atoms with Gasteiger partial charge in [0.1, 0.15) is 0 Å². The second-order valence-corrected chi connectivity index (χ2v) is 10.00. The number of hydrogen-bond acceptors (Lipinski definition) is 3. The Morgan fingerprint density at radius 1 is 0.844 bits per heavy atom. The molecule has 3 aromatic carbocycles. The Morgan fingerprint density at radius 3 is 2.03 bits per heavy atom. The molecule has 0 aromatic heterocycles. The molecule has 1 aliphatic heterocycles. The summed E-state index contributed by atoms with van der Waals surface area (Å²) in [5.74, 6) is -0.0945. The van der Waals surface area contributed by atoms with Crippen LogP contribution in [0.3, 0.4) is 0 Å². The molecule has 1 aliphatic rings. The van der Waals surface area contributed by atoms with E-state index >= 15 is 0 Å². The van der Waals surface area contributed by atoms with Gasteiger partial charge < -0.3 is 5.32 Å². The highest BCUT2D eigenvalue weighted by molar-refractivity contribution is 7.89. The van der Waals surface area contributed by atoms with Gasteiger partial charge in [-0.3, -0.25) is 4.79 Å². The quantitative estimate of drug-likeness (QED) is 0.555. The van der Waals surface area contributed by atoms with Gasteiger partial charge in [-0.05, 0) is 48.6 Å². The van der Waals surface area contributed by atoms with Crippen molar-refractivity contribution >= 4 is 15.9 Å². The van der Waals surface area contributed by atoms with E-state index in [-0.39, 0.29) is 16.7 Å². The van der Waals surface area contributed by atoms with Gasteiger partial charge in [0, 0.05) is 31.1 Å². The highest BCUT2D eigenvalue weighted by atomic mass is 32.2. The van der Waals surface area contributed by atoms with Crippen LogP contribution in [0.4, 0.5) is 0 Å². The minimum atomic E-state index is -3.55. The van der Waals surface area contributed by atoms with Gasteiger partial charge in [0.15, 0.2) is 0 Å². The van der Waals surface area contributed by atoms with Gasteiger partial charge in [0.2, 0.25) is 10.0 Å². The van der Waals surface area contributed by atoms with Gasteiger partial charge >= 0.3 is 0 Å². The molecular formula is C26H28N2O3S. The van der Waals surface area contributed by atoms with Crippen molar-refractivity contribution in [2.75, 3.05) is 19.6 Å². The Balaban J connectivity index is 1.44. The minimum absolute atomic E-state index is 0.166. The molecule has 6 heteroatoms. The van der Waals surface area contributed by atoms with E-state index in [0.29, 0.717) is 25.2 Å². The van der Waals surface area contributed by atoms with Crippen LogP contribution >= 0.6 is 0 Å². The van der Waals surface area contributed by atoms with E-state index in [0.717, 1.165) is 19.3 Å². The molecule has 5 nitrogen and oxygen atoms in total. The monoisotopic (exact) mass is 448 g/mol. The molecular weight excluding hydrogens is 420 g/mol. The van der Waals surface area contributed by atoms with Crippen LogP contribution in [0.1, 0.15) is 46.7 Å². The Kier molecular flexibility index (Phi) is 7.02. The molecule has 3 aromatic rings. The lowest BCUT2D eigenvalue weighted by atomic mass is 9.88. The maximum atomic E-state index is 12.8. The van der Waals surface area contributed by atoms with Crippen molar-refractivity contribution in [2.24, 2.45) is 0 Å². The van der Waals surface area contributed by atoms with E-state index in [4.69, 9.17) is 0 Å². The van der Waals surface area contributed by atoms with Crippen LogP contribution in [0.5, 0.6) is 0 Å². The summed E-state index contributed by atoms with van der Waals surface area (Å²) in [4.78, 5) is 13.0. The SMILES string of the molecule is O=C(NCCC(c1ccccc1)c1ccccc1)c1cccc(S(=O)(=O)N2CCCC2)c1. The van der Waals surface area contributed by atoms with E-state index < -0.39 is 10.0 Å². The first-order valence-electron chi connectivity index (χ1n) is 11.0. The van der Waals surface area contributed by atoms with Gasteiger partial charge in [-0.2, -0.15) is 4.31 Å². The number of hydrogen-bond donors (Lipinski definition) is 1. The van der Waals surface area contributed by atoms with Gasteiger partial charge in [0.25, 0.3) is 5.91 Å². The van der Waals surface area contributed by atoms with Crippen molar-refractivity contribution in [3.05, 3.63) is 102 Å². The third kappa shape index (κ3) is 5.09. The lowest BCUT2D eigenvalue weighted by molar-refractivity contribution is 0.0952. The highest BCUT2D eigenvalue weighted by Gasteiger charge is 2.27. The summed E-state index contributed by atoms with van der Waals surface area (Å²) in [5.41, 5.74) is 2.76. The number of carbonyl (C=O) groups is 1. The van der Waals surface area contributed by atoms with E-state index in [1.54, 1.807) is 18.2 Å². The molecule has 0 radical (unpaired) electrons. The summed E-state index contributed by atoms with van der Waals surface area (Å²) >= 11 is 0. The standard InChI is InChI=1S/C26H28N2O3S/c29-26(23-14-9-15-24(20-23)32(30,31)28-18-7-8-19-28)27-17-16-25(21-10-3-1-4-11-21)22-12-5-2-6-13-22/h1-6,9-15,20,25H,7-8,16-19H2,(H,27,29). The Bertz CT molecular complexity index is 1100. The molecule has 0 aliphatic carbocycles. The molecule has 0 atom stereocenters. The van der Waals surface area contributed by atoms with Crippen molar-refractivity contribution < 1.29 is 13.2 Å². The van der Waals surface area contributed by atoms with E-state index in [2.05, 4.69) is 29.6 Å². The predicted molar refractivity (Wildman–Crippen MR) is 126 cm³/mol. The number of nitrogens with zero attached hydrogens (tertiary/aromatic N) is 1. The topological polar surface area (TPSA) is 66.5 Å². The normalized spacial score (nSPS) is 14.5. The third-order valence-corrected chi connectivity index (χ3v) is 7.82. The largest absolute Gasteiger partial charge is 0.352 e. The van der Waals surface area contributed by atoms with Crippen LogP contribution in [0.25, 0.3) is 0 Å². The number of carbonyl (C=O) groups excluding carboxylic acids is 1. The third-order valence-electron chi connectivity index (χ3n) is 5.92. The second kappa shape index (κ2) is 10.1. The lowest BCUT2D eigenvalue weighted by Crippen LogP contribution is -2.29. The number of benzene rings is 3. The van der Waals surface area contributed by atoms with Crippen molar-refractivity contribution in [3.63, 3.8) is 0 Å². The number of amides is 1. The fourth-order valence-corrected chi connectivity index (χ4v) is 5.77. The molecule has 0 bridgehead atoms. The summed E-state index contributed by atoms with van der Waals surface area (Å²) in [6.07, 6.45) is 2.50. The van der Waals surface area contributed by atoms with Crippen LogP contribution < -0.4 is 5.32 Å². The van der Waals surface area contributed by atoms with Crippen molar-refractivity contribution in [1.82, 2.24) is 9.62 Å². The summed E-state index contributed by atoms with van der Waals surface area (Å²) in [6, 6.07) is 26.8. The Labute approximate surface area is 190 Å². The molecule has 0 spiro atoms. The Hall–Kier alpha value is -2.96. The van der Waals surface area contributed by atoms with Crippen LogP contribution in [0.2, 0.25) is 0 Å². The van der Waals surface area contributed by atoms with Crippen LogP contribution in [-0.4, -0.2) is 38.3 Å². The summed E-state index contributed by atoms with van der Waals surface area (Å²) in [6.45, 7) is 1.56. The Morgan fingerprint density at radius 2 is 1.44 bits per heavy atom. The van der Waals surface area contributed by atoms with E-state index in [1.165, 1.54) is 21.5 Å². The number of nitrogens with one attached hydrogen (secondary N) is 1. The second-order valence-electron chi connectivity index (χ2n) is 8.06. The zero-order chi connectivity index (χ0) is 22.4.